The van der Waals surface area contributed by atoms with E-state index < -0.39 is 0 Å². The van der Waals surface area contributed by atoms with Crippen LogP contribution in [0.25, 0.3) is 0 Å². The van der Waals surface area contributed by atoms with E-state index in [1.54, 1.807) is 6.08 Å². The van der Waals surface area contributed by atoms with Crippen LogP contribution in [-0.2, 0) is 16.1 Å². The monoisotopic (exact) mass is 400 g/mol. The van der Waals surface area contributed by atoms with E-state index in [1.165, 1.54) is 11.1 Å². The van der Waals surface area contributed by atoms with Gasteiger partial charge in [-0.05, 0) is 44.4 Å². The molecule has 4 nitrogen and oxygen atoms in total. The summed E-state index contributed by atoms with van der Waals surface area (Å²) in [4.78, 5) is 0. The molecule has 0 amide bonds. The SMILES string of the molecule is C=C(C)C(CC/C(C)=C/COCc1ccccc1)[N+](C)(C)/C=C/C=C(\O)OCC. The van der Waals surface area contributed by atoms with Gasteiger partial charge in [-0.25, -0.2) is 0 Å². The molecule has 29 heavy (non-hydrogen) atoms. The zero-order valence-corrected chi connectivity index (χ0v) is 18.7. The molecular formula is C25H38NO3+. The zero-order valence-electron chi connectivity index (χ0n) is 18.7. The van der Waals surface area contributed by atoms with Crippen molar-refractivity contribution in [2.75, 3.05) is 27.3 Å². The van der Waals surface area contributed by atoms with E-state index in [-0.39, 0.29) is 12.0 Å². The molecule has 0 radical (unpaired) electrons. The third kappa shape index (κ3) is 10.2. The number of likely N-dealkylation sites (N-methyl/N-ethyl adjacent to an activating group) is 1. The summed E-state index contributed by atoms with van der Waals surface area (Å²) in [7, 11) is 4.28. The minimum Gasteiger partial charge on any atom is -0.481 e. The fraction of sp³-hybridized carbons (Fsp3) is 0.440. The molecule has 1 atom stereocenters. The first kappa shape index (κ1) is 24.7. The van der Waals surface area contributed by atoms with Crippen molar-refractivity contribution in [3.8, 4) is 0 Å². The maximum absolute atomic E-state index is 9.59. The summed E-state index contributed by atoms with van der Waals surface area (Å²) in [6, 6.07) is 10.5. The van der Waals surface area contributed by atoms with E-state index in [0.717, 1.165) is 18.4 Å². The third-order valence-corrected chi connectivity index (χ3v) is 4.85. The van der Waals surface area contributed by atoms with Gasteiger partial charge in [-0.1, -0.05) is 48.6 Å². The van der Waals surface area contributed by atoms with Gasteiger partial charge >= 0.3 is 0 Å². The topological polar surface area (TPSA) is 38.7 Å². The predicted octanol–water partition coefficient (Wildman–Crippen LogP) is 5.90. The van der Waals surface area contributed by atoms with E-state index in [9.17, 15) is 5.11 Å². The number of hydrogen-bond donors (Lipinski definition) is 1. The Morgan fingerprint density at radius 1 is 1.21 bits per heavy atom. The van der Waals surface area contributed by atoms with Crippen LogP contribution < -0.4 is 0 Å². The Morgan fingerprint density at radius 2 is 1.90 bits per heavy atom. The van der Waals surface area contributed by atoms with Gasteiger partial charge in [0, 0.05) is 12.5 Å². The lowest BCUT2D eigenvalue weighted by molar-refractivity contribution is -0.860. The molecule has 0 heterocycles. The van der Waals surface area contributed by atoms with Crippen molar-refractivity contribution in [3.05, 3.63) is 84.0 Å². The van der Waals surface area contributed by atoms with Gasteiger partial charge in [-0.15, -0.1) is 0 Å². The fourth-order valence-corrected chi connectivity index (χ4v) is 3.21. The highest BCUT2D eigenvalue weighted by Gasteiger charge is 2.26. The highest BCUT2D eigenvalue weighted by molar-refractivity contribution is 5.13. The Labute approximate surface area is 177 Å². The Morgan fingerprint density at radius 3 is 2.52 bits per heavy atom. The van der Waals surface area contributed by atoms with Crippen molar-refractivity contribution in [1.82, 2.24) is 0 Å². The first-order valence-corrected chi connectivity index (χ1v) is 10.2. The number of aliphatic hydroxyl groups excluding tert-OH is 1. The van der Waals surface area contributed by atoms with Crippen LogP contribution in [0.4, 0.5) is 0 Å². The van der Waals surface area contributed by atoms with Crippen LogP contribution in [0.2, 0.25) is 0 Å². The van der Waals surface area contributed by atoms with E-state index in [0.29, 0.717) is 24.3 Å². The largest absolute Gasteiger partial charge is 0.481 e. The highest BCUT2D eigenvalue weighted by Crippen LogP contribution is 2.22. The molecule has 0 aliphatic carbocycles. The van der Waals surface area contributed by atoms with Crippen LogP contribution in [0.1, 0.15) is 39.2 Å². The molecule has 0 saturated carbocycles. The molecule has 0 saturated heterocycles. The third-order valence-electron chi connectivity index (χ3n) is 4.85. The van der Waals surface area contributed by atoms with Gasteiger partial charge in [0.05, 0.1) is 40.1 Å². The molecule has 0 aliphatic heterocycles. The average molecular weight is 401 g/mol. The van der Waals surface area contributed by atoms with Crippen molar-refractivity contribution < 1.29 is 19.1 Å². The van der Waals surface area contributed by atoms with Crippen molar-refractivity contribution in [3.63, 3.8) is 0 Å². The molecule has 1 N–H and O–H groups in total. The Bertz CT molecular complexity index is 702. The molecule has 0 aromatic heterocycles. The standard InChI is InChI=1S/C25H37NO3/c1-7-29-25(27)14-11-18-26(5,6)24(21(2)3)16-15-22(4)17-19-28-20-23-12-9-8-10-13-23/h8-14,17-18,24H,2,7,15-16,19-20H2,1,3-6H3/p+1/b18-11+,22-17+,25-14+. The first-order valence-electron chi connectivity index (χ1n) is 10.2. The van der Waals surface area contributed by atoms with Crippen LogP contribution in [-0.4, -0.2) is 42.9 Å². The minimum absolute atomic E-state index is 0.0649. The number of allylic oxidation sites excluding steroid dienone is 3. The molecular weight excluding hydrogens is 362 g/mol. The molecule has 0 spiro atoms. The van der Waals surface area contributed by atoms with Gasteiger partial charge in [-0.3, -0.25) is 4.48 Å². The summed E-state index contributed by atoms with van der Waals surface area (Å²) in [5.74, 6) is -0.0649. The lowest BCUT2D eigenvalue weighted by Crippen LogP contribution is -2.44. The summed E-state index contributed by atoms with van der Waals surface area (Å²) in [6.45, 7) is 12.0. The van der Waals surface area contributed by atoms with Gasteiger partial charge in [0.1, 0.15) is 6.04 Å². The summed E-state index contributed by atoms with van der Waals surface area (Å²) < 4.78 is 11.5. The summed E-state index contributed by atoms with van der Waals surface area (Å²) >= 11 is 0. The molecule has 1 aromatic carbocycles. The Hall–Kier alpha value is -2.30. The number of quaternary nitrogens is 1. The van der Waals surface area contributed by atoms with Crippen molar-refractivity contribution in [2.24, 2.45) is 0 Å². The molecule has 1 aromatic rings. The summed E-state index contributed by atoms with van der Waals surface area (Å²) in [6.07, 6.45) is 9.61. The van der Waals surface area contributed by atoms with Gasteiger partial charge in [0.2, 0.25) is 0 Å². The van der Waals surface area contributed by atoms with Gasteiger partial charge in [-0.2, -0.15) is 0 Å². The second-order valence-electron chi connectivity index (χ2n) is 7.86. The van der Waals surface area contributed by atoms with Crippen molar-refractivity contribution >= 4 is 0 Å². The molecule has 1 rings (SSSR count). The number of ether oxygens (including phenoxy) is 2. The molecule has 1 unspecified atom stereocenters. The fourth-order valence-electron chi connectivity index (χ4n) is 3.21. The molecule has 160 valence electrons. The van der Waals surface area contributed by atoms with Crippen molar-refractivity contribution in [2.45, 2.75) is 46.3 Å². The van der Waals surface area contributed by atoms with Crippen LogP contribution in [0.15, 0.2) is 78.4 Å². The number of aliphatic hydroxyl groups is 1. The lowest BCUT2D eigenvalue weighted by atomic mass is 9.98. The number of nitrogens with zero attached hydrogens (tertiary/aromatic N) is 1. The molecule has 0 aliphatic rings. The maximum Gasteiger partial charge on any atom is 0.276 e. The van der Waals surface area contributed by atoms with E-state index in [2.05, 4.69) is 58.9 Å². The van der Waals surface area contributed by atoms with Gasteiger partial charge in [0.25, 0.3) is 5.95 Å². The predicted molar refractivity (Wildman–Crippen MR) is 121 cm³/mol. The first-order chi connectivity index (χ1) is 13.8. The van der Waals surface area contributed by atoms with Gasteiger partial charge < -0.3 is 14.6 Å². The molecule has 0 fully saturated rings. The van der Waals surface area contributed by atoms with E-state index in [1.807, 2.05) is 31.2 Å². The van der Waals surface area contributed by atoms with E-state index in [4.69, 9.17) is 9.47 Å². The lowest BCUT2D eigenvalue weighted by Gasteiger charge is -2.35. The van der Waals surface area contributed by atoms with Crippen LogP contribution in [0, 0.1) is 0 Å². The van der Waals surface area contributed by atoms with Gasteiger partial charge in [0.15, 0.2) is 0 Å². The molecule has 4 heteroatoms. The Balaban J connectivity index is 2.55. The quantitative estimate of drug-likeness (QED) is 0.147. The highest BCUT2D eigenvalue weighted by atomic mass is 16.6. The number of hydrogen-bond acceptors (Lipinski definition) is 3. The van der Waals surface area contributed by atoms with Crippen LogP contribution >= 0.6 is 0 Å². The summed E-state index contributed by atoms with van der Waals surface area (Å²) in [5.41, 5.74) is 3.66. The number of rotatable bonds is 13. The second-order valence-corrected chi connectivity index (χ2v) is 7.86. The van der Waals surface area contributed by atoms with E-state index >= 15 is 0 Å². The van der Waals surface area contributed by atoms with Crippen LogP contribution in [0.5, 0.6) is 0 Å². The normalized spacial score (nSPS) is 14.2. The average Bonchev–Trinajstić information content (AvgIpc) is 2.66. The second kappa shape index (κ2) is 13.0. The van der Waals surface area contributed by atoms with Crippen molar-refractivity contribution in [1.29, 1.82) is 0 Å². The molecule has 0 bridgehead atoms. The number of benzene rings is 1. The maximum atomic E-state index is 9.59. The zero-order chi connectivity index (χ0) is 21.7. The Kier molecular flexibility index (Phi) is 11.1. The summed E-state index contributed by atoms with van der Waals surface area (Å²) in [5, 5.41) is 9.59. The van der Waals surface area contributed by atoms with Crippen LogP contribution in [0.3, 0.4) is 0 Å². The smallest absolute Gasteiger partial charge is 0.276 e. The minimum atomic E-state index is -0.0649.